The van der Waals surface area contributed by atoms with E-state index in [4.69, 9.17) is 0 Å². The van der Waals surface area contributed by atoms with Gasteiger partial charge in [-0.25, -0.2) is 4.98 Å². The molecule has 4 heteroatoms. The lowest BCUT2D eigenvalue weighted by atomic mass is 10.2. The molecule has 78 valence electrons. The van der Waals surface area contributed by atoms with Gasteiger partial charge in [0, 0.05) is 16.7 Å². The summed E-state index contributed by atoms with van der Waals surface area (Å²) in [5, 5.41) is 4.63. The summed E-state index contributed by atoms with van der Waals surface area (Å²) in [4.78, 5) is 5.83. The zero-order chi connectivity index (χ0) is 9.97. The van der Waals surface area contributed by atoms with Crippen molar-refractivity contribution in [3.63, 3.8) is 0 Å². The molecule has 2 nitrogen and oxygen atoms in total. The summed E-state index contributed by atoms with van der Waals surface area (Å²) in [5.41, 5.74) is 1.17. The van der Waals surface area contributed by atoms with Crippen LogP contribution in [-0.4, -0.2) is 22.5 Å². The summed E-state index contributed by atoms with van der Waals surface area (Å²) < 4.78 is 0. The molecule has 1 N–H and O–H groups in total. The maximum absolute atomic E-state index is 4.50. The van der Waals surface area contributed by atoms with Gasteiger partial charge in [-0.2, -0.15) is 11.8 Å². The summed E-state index contributed by atoms with van der Waals surface area (Å²) in [5.74, 6) is 2.56. The average molecular weight is 228 g/mol. The minimum atomic E-state index is 0.638. The Labute approximate surface area is 93.5 Å². The number of anilines is 1. The van der Waals surface area contributed by atoms with Crippen molar-refractivity contribution in [3.8, 4) is 0 Å². The first-order chi connectivity index (χ1) is 6.75. The summed E-state index contributed by atoms with van der Waals surface area (Å²) in [6.45, 7) is 4.21. The molecule has 1 saturated heterocycles. The summed E-state index contributed by atoms with van der Waals surface area (Å²) in [6, 6.07) is 0.638. The third kappa shape index (κ3) is 2.42. The lowest BCUT2D eigenvalue weighted by Crippen LogP contribution is -2.25. The molecule has 1 aliphatic heterocycles. The Morgan fingerprint density at radius 2 is 2.29 bits per heavy atom. The molecule has 14 heavy (non-hydrogen) atoms. The standard InChI is InChI=1S/C10H16N2S2/c1-7-8(2)14-10(11-7)12-9-4-3-5-13-6-9/h9H,3-6H2,1-2H3,(H,11,12). The fraction of sp³-hybridized carbons (Fsp3) is 0.700. The molecule has 2 heterocycles. The van der Waals surface area contributed by atoms with Crippen LogP contribution in [0.5, 0.6) is 0 Å². The van der Waals surface area contributed by atoms with E-state index in [1.54, 1.807) is 11.3 Å². The van der Waals surface area contributed by atoms with Gasteiger partial charge in [0.1, 0.15) is 0 Å². The van der Waals surface area contributed by atoms with E-state index in [1.807, 2.05) is 11.8 Å². The molecule has 0 radical (unpaired) electrons. The zero-order valence-electron chi connectivity index (χ0n) is 8.67. The maximum Gasteiger partial charge on any atom is 0.183 e. The molecule has 2 rings (SSSR count). The Kier molecular flexibility index (Phi) is 3.34. The second kappa shape index (κ2) is 4.53. The van der Waals surface area contributed by atoms with Crippen LogP contribution >= 0.6 is 23.1 Å². The van der Waals surface area contributed by atoms with Crippen LogP contribution in [0.4, 0.5) is 5.13 Å². The van der Waals surface area contributed by atoms with Crippen LogP contribution in [0, 0.1) is 13.8 Å². The molecular formula is C10H16N2S2. The highest BCUT2D eigenvalue weighted by atomic mass is 32.2. The Morgan fingerprint density at radius 1 is 1.43 bits per heavy atom. The normalized spacial score (nSPS) is 22.3. The topological polar surface area (TPSA) is 24.9 Å². The highest BCUT2D eigenvalue weighted by Gasteiger charge is 2.14. The van der Waals surface area contributed by atoms with Crippen molar-refractivity contribution in [2.45, 2.75) is 32.7 Å². The van der Waals surface area contributed by atoms with Gasteiger partial charge in [-0.15, -0.1) is 11.3 Å². The number of nitrogens with one attached hydrogen (secondary N) is 1. The molecule has 1 aromatic heterocycles. The molecule has 1 atom stereocenters. The second-order valence-corrected chi connectivity index (χ2v) is 6.07. The molecule has 0 bridgehead atoms. The van der Waals surface area contributed by atoms with Crippen LogP contribution in [0.1, 0.15) is 23.4 Å². The first kappa shape index (κ1) is 10.3. The number of aryl methyl sites for hydroxylation is 2. The quantitative estimate of drug-likeness (QED) is 0.842. The molecule has 1 unspecified atom stereocenters. The summed E-state index contributed by atoms with van der Waals surface area (Å²) >= 11 is 3.82. The van der Waals surface area contributed by atoms with E-state index >= 15 is 0 Å². The smallest absolute Gasteiger partial charge is 0.183 e. The Morgan fingerprint density at radius 3 is 2.86 bits per heavy atom. The third-order valence-electron chi connectivity index (χ3n) is 2.52. The molecule has 0 spiro atoms. The Bertz CT molecular complexity index is 284. The van der Waals surface area contributed by atoms with Gasteiger partial charge in [0.2, 0.25) is 0 Å². The van der Waals surface area contributed by atoms with E-state index in [0.29, 0.717) is 6.04 Å². The van der Waals surface area contributed by atoms with Crippen molar-refractivity contribution in [3.05, 3.63) is 10.6 Å². The highest BCUT2D eigenvalue weighted by molar-refractivity contribution is 7.99. The number of nitrogens with zero attached hydrogens (tertiary/aromatic N) is 1. The van der Waals surface area contributed by atoms with Crippen LogP contribution < -0.4 is 5.32 Å². The summed E-state index contributed by atoms with van der Waals surface area (Å²) in [7, 11) is 0. The van der Waals surface area contributed by atoms with E-state index in [2.05, 4.69) is 24.1 Å². The van der Waals surface area contributed by atoms with Gasteiger partial charge in [0.25, 0.3) is 0 Å². The second-order valence-electron chi connectivity index (χ2n) is 3.72. The fourth-order valence-corrected chi connectivity index (χ4v) is 3.53. The van der Waals surface area contributed by atoms with Gasteiger partial charge >= 0.3 is 0 Å². The molecule has 1 aliphatic rings. The highest BCUT2D eigenvalue weighted by Crippen LogP contribution is 2.25. The van der Waals surface area contributed by atoms with Crippen LogP contribution in [0.3, 0.4) is 0 Å². The molecule has 0 aromatic carbocycles. The van der Waals surface area contributed by atoms with Crippen LogP contribution in [0.25, 0.3) is 0 Å². The van der Waals surface area contributed by atoms with Crippen LogP contribution in [-0.2, 0) is 0 Å². The third-order valence-corrected chi connectivity index (χ3v) is 4.74. The predicted molar refractivity (Wildman–Crippen MR) is 65.6 cm³/mol. The predicted octanol–water partition coefficient (Wildman–Crippen LogP) is 3.07. The maximum atomic E-state index is 4.50. The van der Waals surface area contributed by atoms with Gasteiger partial charge in [0.05, 0.1) is 5.69 Å². The molecule has 0 saturated carbocycles. The number of hydrogen-bond donors (Lipinski definition) is 1. The van der Waals surface area contributed by atoms with E-state index in [9.17, 15) is 0 Å². The van der Waals surface area contributed by atoms with Gasteiger partial charge in [-0.1, -0.05) is 0 Å². The average Bonchev–Trinajstić information content (AvgIpc) is 2.47. The zero-order valence-corrected chi connectivity index (χ0v) is 10.3. The van der Waals surface area contributed by atoms with Crippen molar-refractivity contribution in [1.29, 1.82) is 0 Å². The van der Waals surface area contributed by atoms with Gasteiger partial charge in [0.15, 0.2) is 5.13 Å². The Hall–Kier alpha value is -0.220. The fourth-order valence-electron chi connectivity index (χ4n) is 1.56. The van der Waals surface area contributed by atoms with E-state index in [0.717, 1.165) is 5.13 Å². The molecule has 1 aromatic rings. The lowest BCUT2D eigenvalue weighted by Gasteiger charge is -2.21. The number of thioether (sulfide) groups is 1. The largest absolute Gasteiger partial charge is 0.358 e. The lowest BCUT2D eigenvalue weighted by molar-refractivity contribution is 0.684. The van der Waals surface area contributed by atoms with Crippen LogP contribution in [0.2, 0.25) is 0 Å². The molecule has 0 aliphatic carbocycles. The number of hydrogen-bond acceptors (Lipinski definition) is 4. The minimum Gasteiger partial charge on any atom is -0.358 e. The number of rotatable bonds is 2. The van der Waals surface area contributed by atoms with E-state index in [1.165, 1.54) is 34.9 Å². The van der Waals surface area contributed by atoms with Crippen molar-refractivity contribution in [2.24, 2.45) is 0 Å². The SMILES string of the molecule is Cc1nc(NC2CCCSC2)sc1C. The van der Waals surface area contributed by atoms with Crippen molar-refractivity contribution < 1.29 is 0 Å². The minimum absolute atomic E-state index is 0.638. The van der Waals surface area contributed by atoms with E-state index < -0.39 is 0 Å². The number of thiazole rings is 1. The van der Waals surface area contributed by atoms with E-state index in [-0.39, 0.29) is 0 Å². The van der Waals surface area contributed by atoms with Crippen LogP contribution in [0.15, 0.2) is 0 Å². The summed E-state index contributed by atoms with van der Waals surface area (Å²) in [6.07, 6.45) is 2.64. The van der Waals surface area contributed by atoms with Gasteiger partial charge in [-0.3, -0.25) is 0 Å². The molecular weight excluding hydrogens is 212 g/mol. The monoisotopic (exact) mass is 228 g/mol. The van der Waals surface area contributed by atoms with Crippen molar-refractivity contribution >= 4 is 28.2 Å². The van der Waals surface area contributed by atoms with Crippen molar-refractivity contribution in [1.82, 2.24) is 4.98 Å². The van der Waals surface area contributed by atoms with Gasteiger partial charge < -0.3 is 5.32 Å². The molecule has 1 fully saturated rings. The first-order valence-electron chi connectivity index (χ1n) is 5.04. The molecule has 0 amide bonds. The number of aromatic nitrogens is 1. The van der Waals surface area contributed by atoms with Crippen molar-refractivity contribution in [2.75, 3.05) is 16.8 Å². The first-order valence-corrected chi connectivity index (χ1v) is 7.01. The van der Waals surface area contributed by atoms with Gasteiger partial charge in [-0.05, 0) is 32.4 Å². The Balaban J connectivity index is 1.95.